The Kier molecular flexibility index (Phi) is 5.02. The Labute approximate surface area is 90.9 Å². The fraction of sp³-hybridized carbons (Fsp3) is 0.727. The molecule has 1 aliphatic rings. The number of rotatable bonds is 3. The summed E-state index contributed by atoms with van der Waals surface area (Å²) >= 11 is 5.65. The molecule has 0 bridgehead atoms. The summed E-state index contributed by atoms with van der Waals surface area (Å²) in [5.41, 5.74) is 0.931. The fourth-order valence-corrected chi connectivity index (χ4v) is 1.78. The van der Waals surface area contributed by atoms with Crippen molar-refractivity contribution < 1.29 is 4.79 Å². The molecule has 0 aromatic heterocycles. The minimum atomic E-state index is 0.260. The summed E-state index contributed by atoms with van der Waals surface area (Å²) in [4.78, 5) is 13.6. The van der Waals surface area contributed by atoms with E-state index in [1.165, 1.54) is 12.8 Å². The number of hydrogen-bond acceptors (Lipinski definition) is 1. The van der Waals surface area contributed by atoms with Crippen LogP contribution in [0.2, 0.25) is 0 Å². The van der Waals surface area contributed by atoms with E-state index in [4.69, 9.17) is 11.6 Å². The highest BCUT2D eigenvalue weighted by Gasteiger charge is 2.15. The number of amides is 1. The van der Waals surface area contributed by atoms with E-state index in [1.807, 2.05) is 4.90 Å². The number of nitrogens with zero attached hydrogens (tertiary/aromatic N) is 1. The predicted octanol–water partition coefficient (Wildman–Crippen LogP) is 2.57. The molecule has 0 aliphatic carbocycles. The third kappa shape index (κ3) is 3.70. The van der Waals surface area contributed by atoms with Crippen LogP contribution in [0.25, 0.3) is 0 Å². The molecule has 0 aromatic carbocycles. The van der Waals surface area contributed by atoms with Gasteiger partial charge in [-0.1, -0.05) is 19.4 Å². The molecule has 2 nitrogen and oxygen atoms in total. The van der Waals surface area contributed by atoms with E-state index < -0.39 is 0 Å². The molecule has 1 rings (SSSR count). The van der Waals surface area contributed by atoms with Crippen molar-refractivity contribution in [3.63, 3.8) is 0 Å². The first-order valence-electron chi connectivity index (χ1n) is 5.24. The van der Waals surface area contributed by atoms with Gasteiger partial charge in [-0.05, 0) is 18.4 Å². The van der Waals surface area contributed by atoms with E-state index >= 15 is 0 Å². The van der Waals surface area contributed by atoms with E-state index in [1.54, 1.807) is 0 Å². The summed E-state index contributed by atoms with van der Waals surface area (Å²) in [6.07, 6.45) is 5.26. The lowest BCUT2D eigenvalue weighted by atomic mass is 10.1. The maximum Gasteiger partial charge on any atom is 0.222 e. The summed E-state index contributed by atoms with van der Waals surface area (Å²) in [5, 5.41) is 0. The zero-order valence-corrected chi connectivity index (χ0v) is 9.35. The lowest BCUT2D eigenvalue weighted by molar-refractivity contribution is -0.131. The van der Waals surface area contributed by atoms with Crippen LogP contribution in [0.4, 0.5) is 0 Å². The second-order valence-electron chi connectivity index (χ2n) is 3.86. The van der Waals surface area contributed by atoms with Crippen molar-refractivity contribution in [2.45, 2.75) is 32.1 Å². The van der Waals surface area contributed by atoms with Crippen molar-refractivity contribution in [2.75, 3.05) is 19.0 Å². The van der Waals surface area contributed by atoms with Crippen LogP contribution in [0.1, 0.15) is 32.1 Å². The molecule has 0 spiro atoms. The van der Waals surface area contributed by atoms with Gasteiger partial charge in [0.05, 0.1) is 0 Å². The van der Waals surface area contributed by atoms with Crippen LogP contribution in [-0.4, -0.2) is 29.8 Å². The van der Waals surface area contributed by atoms with E-state index in [2.05, 4.69) is 6.58 Å². The highest BCUT2D eigenvalue weighted by atomic mass is 35.5. The highest BCUT2D eigenvalue weighted by molar-refractivity contribution is 6.19. The summed E-state index contributed by atoms with van der Waals surface area (Å²) in [6.45, 7) is 5.34. The number of carbonyl (C=O) groups excluding carboxylic acids is 1. The molecule has 1 heterocycles. The average molecular weight is 216 g/mol. The van der Waals surface area contributed by atoms with Gasteiger partial charge in [-0.3, -0.25) is 4.79 Å². The normalized spacial score (nSPS) is 18.9. The minimum absolute atomic E-state index is 0.260. The van der Waals surface area contributed by atoms with Gasteiger partial charge in [-0.15, -0.1) is 11.6 Å². The SMILES string of the molecule is C=C(CCl)CN1CCCCCCC1=O. The third-order valence-corrected chi connectivity index (χ3v) is 2.90. The molecule has 0 atom stereocenters. The number of alkyl halides is 1. The molecular formula is C11H18ClNO. The molecule has 1 fully saturated rings. The Morgan fingerprint density at radius 2 is 2.07 bits per heavy atom. The van der Waals surface area contributed by atoms with Crippen LogP contribution in [-0.2, 0) is 4.79 Å². The number of carbonyl (C=O) groups is 1. The Morgan fingerprint density at radius 3 is 2.79 bits per heavy atom. The number of hydrogen-bond donors (Lipinski definition) is 0. The molecule has 0 saturated carbocycles. The predicted molar refractivity (Wildman–Crippen MR) is 59.5 cm³/mol. The minimum Gasteiger partial charge on any atom is -0.339 e. The summed E-state index contributed by atoms with van der Waals surface area (Å²) in [7, 11) is 0. The molecule has 0 aromatic rings. The third-order valence-electron chi connectivity index (χ3n) is 2.52. The Bertz CT molecular complexity index is 215. The number of halogens is 1. The molecule has 1 aliphatic heterocycles. The first kappa shape index (κ1) is 11.6. The second-order valence-corrected chi connectivity index (χ2v) is 4.13. The summed E-state index contributed by atoms with van der Waals surface area (Å²) in [6, 6.07) is 0. The van der Waals surface area contributed by atoms with Gasteiger partial charge in [0.1, 0.15) is 0 Å². The van der Waals surface area contributed by atoms with E-state index in [-0.39, 0.29) is 5.91 Å². The first-order chi connectivity index (χ1) is 6.74. The van der Waals surface area contributed by atoms with Crippen LogP contribution < -0.4 is 0 Å². The van der Waals surface area contributed by atoms with Gasteiger partial charge in [0.15, 0.2) is 0 Å². The molecular weight excluding hydrogens is 198 g/mol. The topological polar surface area (TPSA) is 20.3 Å². The highest BCUT2D eigenvalue weighted by Crippen LogP contribution is 2.12. The van der Waals surface area contributed by atoms with Gasteiger partial charge >= 0.3 is 0 Å². The van der Waals surface area contributed by atoms with Gasteiger partial charge in [-0.25, -0.2) is 0 Å². The van der Waals surface area contributed by atoms with E-state index in [0.717, 1.165) is 25.0 Å². The van der Waals surface area contributed by atoms with Crippen LogP contribution in [0.15, 0.2) is 12.2 Å². The van der Waals surface area contributed by atoms with Crippen molar-refractivity contribution in [1.29, 1.82) is 0 Å². The number of likely N-dealkylation sites (tertiary alicyclic amines) is 1. The zero-order valence-electron chi connectivity index (χ0n) is 8.60. The zero-order chi connectivity index (χ0) is 10.4. The van der Waals surface area contributed by atoms with Crippen LogP contribution in [0.3, 0.4) is 0 Å². The lowest BCUT2D eigenvalue weighted by Crippen LogP contribution is -2.34. The molecule has 0 unspecified atom stereocenters. The van der Waals surface area contributed by atoms with Gasteiger partial charge in [-0.2, -0.15) is 0 Å². The second kappa shape index (κ2) is 6.07. The van der Waals surface area contributed by atoms with Crippen molar-refractivity contribution in [1.82, 2.24) is 4.90 Å². The van der Waals surface area contributed by atoms with Gasteiger partial charge in [0.25, 0.3) is 0 Å². The van der Waals surface area contributed by atoms with Crippen molar-refractivity contribution in [2.24, 2.45) is 0 Å². The van der Waals surface area contributed by atoms with Crippen LogP contribution >= 0.6 is 11.6 Å². The quantitative estimate of drug-likeness (QED) is 0.524. The van der Waals surface area contributed by atoms with E-state index in [0.29, 0.717) is 18.8 Å². The standard InChI is InChI=1S/C11H18ClNO/c1-10(8-12)9-13-7-5-3-2-4-6-11(13)14/h1-9H2. The van der Waals surface area contributed by atoms with Gasteiger partial charge in [0.2, 0.25) is 5.91 Å². The maximum absolute atomic E-state index is 11.7. The van der Waals surface area contributed by atoms with E-state index in [9.17, 15) is 4.79 Å². The van der Waals surface area contributed by atoms with Gasteiger partial charge < -0.3 is 4.90 Å². The van der Waals surface area contributed by atoms with Crippen LogP contribution in [0.5, 0.6) is 0 Å². The molecule has 1 saturated heterocycles. The smallest absolute Gasteiger partial charge is 0.222 e. The maximum atomic E-state index is 11.7. The van der Waals surface area contributed by atoms with Crippen molar-refractivity contribution in [3.8, 4) is 0 Å². The molecule has 0 radical (unpaired) electrons. The van der Waals surface area contributed by atoms with Gasteiger partial charge in [0, 0.05) is 25.4 Å². The summed E-state index contributed by atoms with van der Waals surface area (Å²) in [5.74, 6) is 0.708. The van der Waals surface area contributed by atoms with Crippen molar-refractivity contribution in [3.05, 3.63) is 12.2 Å². The Morgan fingerprint density at radius 1 is 1.36 bits per heavy atom. The average Bonchev–Trinajstić information content (AvgIpc) is 2.17. The Balaban J connectivity index is 2.45. The Hall–Kier alpha value is -0.500. The first-order valence-corrected chi connectivity index (χ1v) is 5.78. The van der Waals surface area contributed by atoms with Crippen molar-refractivity contribution >= 4 is 17.5 Å². The summed E-state index contributed by atoms with van der Waals surface area (Å²) < 4.78 is 0. The largest absolute Gasteiger partial charge is 0.339 e. The molecule has 0 N–H and O–H groups in total. The lowest BCUT2D eigenvalue weighted by Gasteiger charge is -2.25. The van der Waals surface area contributed by atoms with Crippen LogP contribution in [0, 0.1) is 0 Å². The molecule has 1 amide bonds. The molecule has 80 valence electrons. The fourth-order valence-electron chi connectivity index (χ4n) is 1.69. The monoisotopic (exact) mass is 215 g/mol. The molecule has 3 heteroatoms. The molecule has 14 heavy (non-hydrogen) atoms.